The van der Waals surface area contributed by atoms with Crippen LogP contribution in [0.4, 0.5) is 5.69 Å². The SMILES string of the molecule is COc1ccc(-c2ccc(CO)o2)cc1NC(=O)COc1ccc(C)cc1C. The molecule has 0 radical (unpaired) electrons. The second-order valence-electron chi connectivity index (χ2n) is 6.44. The van der Waals surface area contributed by atoms with Gasteiger partial charge in [0.1, 0.15) is 29.6 Å². The molecule has 0 saturated carbocycles. The number of furan rings is 1. The zero-order valence-corrected chi connectivity index (χ0v) is 16.1. The largest absolute Gasteiger partial charge is 0.495 e. The van der Waals surface area contributed by atoms with Crippen LogP contribution in [0.1, 0.15) is 16.9 Å². The van der Waals surface area contributed by atoms with Crippen molar-refractivity contribution in [2.45, 2.75) is 20.5 Å². The van der Waals surface area contributed by atoms with Gasteiger partial charge in [0.15, 0.2) is 6.61 Å². The molecule has 0 spiro atoms. The van der Waals surface area contributed by atoms with Crippen molar-refractivity contribution in [3.8, 4) is 22.8 Å². The maximum Gasteiger partial charge on any atom is 0.262 e. The first-order valence-corrected chi connectivity index (χ1v) is 8.88. The highest BCUT2D eigenvalue weighted by molar-refractivity contribution is 5.94. The van der Waals surface area contributed by atoms with Crippen molar-refractivity contribution in [2.24, 2.45) is 0 Å². The lowest BCUT2D eigenvalue weighted by molar-refractivity contribution is -0.118. The average molecular weight is 381 g/mol. The van der Waals surface area contributed by atoms with E-state index in [4.69, 9.17) is 19.0 Å². The average Bonchev–Trinajstić information content (AvgIpc) is 3.16. The van der Waals surface area contributed by atoms with Gasteiger partial charge in [-0.25, -0.2) is 0 Å². The molecule has 3 aromatic rings. The summed E-state index contributed by atoms with van der Waals surface area (Å²) in [6, 6.07) is 14.6. The van der Waals surface area contributed by atoms with Gasteiger partial charge in [-0.05, 0) is 55.8 Å². The number of carbonyl (C=O) groups is 1. The van der Waals surface area contributed by atoms with Crippen molar-refractivity contribution in [1.82, 2.24) is 0 Å². The summed E-state index contributed by atoms with van der Waals surface area (Å²) in [7, 11) is 1.54. The number of benzene rings is 2. The van der Waals surface area contributed by atoms with Crippen molar-refractivity contribution in [3.05, 3.63) is 65.4 Å². The van der Waals surface area contributed by atoms with E-state index in [1.165, 1.54) is 7.11 Å². The smallest absolute Gasteiger partial charge is 0.262 e. The van der Waals surface area contributed by atoms with E-state index in [-0.39, 0.29) is 19.1 Å². The number of hydrogen-bond acceptors (Lipinski definition) is 5. The van der Waals surface area contributed by atoms with E-state index in [1.807, 2.05) is 38.1 Å². The molecule has 0 aliphatic rings. The summed E-state index contributed by atoms with van der Waals surface area (Å²) in [5.41, 5.74) is 3.38. The standard InChI is InChI=1S/C22H23NO5/c1-14-4-7-19(15(2)10-14)27-13-22(25)23-18-11-16(5-8-21(18)26-3)20-9-6-17(12-24)28-20/h4-11,24H,12-13H2,1-3H3,(H,23,25). The third-order valence-electron chi connectivity index (χ3n) is 4.26. The lowest BCUT2D eigenvalue weighted by atomic mass is 10.1. The summed E-state index contributed by atoms with van der Waals surface area (Å²) < 4.78 is 16.5. The number of methoxy groups -OCH3 is 1. The molecule has 0 atom stereocenters. The lowest BCUT2D eigenvalue weighted by Gasteiger charge is -2.13. The molecule has 0 unspecified atom stereocenters. The Morgan fingerprint density at radius 3 is 2.54 bits per heavy atom. The van der Waals surface area contributed by atoms with Crippen molar-refractivity contribution in [1.29, 1.82) is 0 Å². The van der Waals surface area contributed by atoms with Crippen LogP contribution in [-0.4, -0.2) is 24.7 Å². The molecule has 6 nitrogen and oxygen atoms in total. The number of anilines is 1. The van der Waals surface area contributed by atoms with E-state index in [2.05, 4.69) is 5.32 Å². The molecule has 2 N–H and O–H groups in total. The molecule has 0 fully saturated rings. The first-order chi connectivity index (χ1) is 13.5. The number of carbonyl (C=O) groups excluding carboxylic acids is 1. The zero-order valence-electron chi connectivity index (χ0n) is 16.1. The van der Waals surface area contributed by atoms with E-state index in [0.29, 0.717) is 28.7 Å². The highest BCUT2D eigenvalue weighted by Gasteiger charge is 2.12. The van der Waals surface area contributed by atoms with Crippen LogP contribution in [0, 0.1) is 13.8 Å². The van der Waals surface area contributed by atoms with Crippen LogP contribution in [-0.2, 0) is 11.4 Å². The van der Waals surface area contributed by atoms with Gasteiger partial charge in [0.25, 0.3) is 5.91 Å². The summed E-state index contributed by atoms with van der Waals surface area (Å²) in [6.07, 6.45) is 0. The first-order valence-electron chi connectivity index (χ1n) is 8.88. The van der Waals surface area contributed by atoms with E-state index in [0.717, 1.165) is 16.7 Å². The topological polar surface area (TPSA) is 80.9 Å². The molecule has 146 valence electrons. The van der Waals surface area contributed by atoms with E-state index >= 15 is 0 Å². The first kappa shape index (κ1) is 19.5. The zero-order chi connectivity index (χ0) is 20.1. The van der Waals surface area contributed by atoms with Crippen LogP contribution in [0.15, 0.2) is 52.9 Å². The Kier molecular flexibility index (Phi) is 6.01. The Hall–Kier alpha value is -3.25. The quantitative estimate of drug-likeness (QED) is 0.644. The highest BCUT2D eigenvalue weighted by atomic mass is 16.5. The molecule has 6 heteroatoms. The van der Waals surface area contributed by atoms with Crippen molar-refractivity contribution >= 4 is 11.6 Å². The predicted molar refractivity (Wildman–Crippen MR) is 107 cm³/mol. The third-order valence-corrected chi connectivity index (χ3v) is 4.26. The second kappa shape index (κ2) is 8.63. The summed E-state index contributed by atoms with van der Waals surface area (Å²) >= 11 is 0. The minimum atomic E-state index is -0.300. The molecular formula is C22H23NO5. The summed E-state index contributed by atoms with van der Waals surface area (Å²) in [4.78, 5) is 12.4. The molecule has 1 aromatic heterocycles. The van der Waals surface area contributed by atoms with Gasteiger partial charge in [0.05, 0.1) is 12.8 Å². The van der Waals surface area contributed by atoms with Gasteiger partial charge in [-0.2, -0.15) is 0 Å². The molecule has 1 heterocycles. The Morgan fingerprint density at radius 2 is 1.86 bits per heavy atom. The van der Waals surface area contributed by atoms with Gasteiger partial charge in [-0.15, -0.1) is 0 Å². The van der Waals surface area contributed by atoms with Crippen molar-refractivity contribution in [2.75, 3.05) is 19.0 Å². The van der Waals surface area contributed by atoms with Gasteiger partial charge >= 0.3 is 0 Å². The molecule has 0 saturated heterocycles. The van der Waals surface area contributed by atoms with Crippen LogP contribution in [0.2, 0.25) is 0 Å². The van der Waals surface area contributed by atoms with Gasteiger partial charge in [-0.3, -0.25) is 4.79 Å². The van der Waals surface area contributed by atoms with Crippen molar-refractivity contribution in [3.63, 3.8) is 0 Å². The summed E-state index contributed by atoms with van der Waals surface area (Å²) in [5, 5.41) is 12.0. The van der Waals surface area contributed by atoms with Gasteiger partial charge in [-0.1, -0.05) is 17.7 Å². The Balaban J connectivity index is 1.72. The summed E-state index contributed by atoms with van der Waals surface area (Å²) in [5.74, 6) is 1.96. The Morgan fingerprint density at radius 1 is 1.07 bits per heavy atom. The van der Waals surface area contributed by atoms with Crippen LogP contribution < -0.4 is 14.8 Å². The third kappa shape index (κ3) is 4.53. The molecular weight excluding hydrogens is 358 g/mol. The number of amides is 1. The lowest BCUT2D eigenvalue weighted by Crippen LogP contribution is -2.20. The number of nitrogens with one attached hydrogen (secondary N) is 1. The number of rotatable bonds is 7. The van der Waals surface area contributed by atoms with E-state index < -0.39 is 0 Å². The number of aryl methyl sites for hydroxylation is 2. The fourth-order valence-electron chi connectivity index (χ4n) is 2.87. The van der Waals surface area contributed by atoms with E-state index in [1.54, 1.807) is 24.3 Å². The number of hydrogen-bond donors (Lipinski definition) is 2. The normalized spacial score (nSPS) is 10.6. The number of aliphatic hydroxyl groups excluding tert-OH is 1. The Bertz CT molecular complexity index is 977. The Labute approximate surface area is 163 Å². The van der Waals surface area contributed by atoms with Gasteiger partial charge in [0, 0.05) is 5.56 Å². The van der Waals surface area contributed by atoms with Crippen LogP contribution in [0.5, 0.6) is 11.5 Å². The fourth-order valence-corrected chi connectivity index (χ4v) is 2.87. The monoisotopic (exact) mass is 381 g/mol. The molecule has 0 bridgehead atoms. The number of aliphatic hydroxyl groups is 1. The molecule has 3 rings (SSSR count). The van der Waals surface area contributed by atoms with Crippen LogP contribution in [0.25, 0.3) is 11.3 Å². The molecule has 28 heavy (non-hydrogen) atoms. The molecule has 0 aliphatic carbocycles. The number of ether oxygens (including phenoxy) is 2. The van der Waals surface area contributed by atoms with Crippen LogP contribution >= 0.6 is 0 Å². The second-order valence-corrected chi connectivity index (χ2v) is 6.44. The summed E-state index contributed by atoms with van der Waals surface area (Å²) in [6.45, 7) is 3.66. The minimum absolute atomic E-state index is 0.118. The minimum Gasteiger partial charge on any atom is -0.495 e. The predicted octanol–water partition coefficient (Wildman–Crippen LogP) is 4.08. The maximum atomic E-state index is 12.4. The van der Waals surface area contributed by atoms with Crippen molar-refractivity contribution < 1.29 is 23.8 Å². The highest BCUT2D eigenvalue weighted by Crippen LogP contribution is 2.31. The maximum absolute atomic E-state index is 12.4. The molecule has 1 amide bonds. The van der Waals surface area contributed by atoms with Gasteiger partial charge < -0.3 is 24.3 Å². The molecule has 0 aliphatic heterocycles. The van der Waals surface area contributed by atoms with Crippen LogP contribution in [0.3, 0.4) is 0 Å². The molecule has 2 aromatic carbocycles. The van der Waals surface area contributed by atoms with E-state index in [9.17, 15) is 4.79 Å². The fraction of sp³-hybridized carbons (Fsp3) is 0.227. The van der Waals surface area contributed by atoms with Gasteiger partial charge in [0.2, 0.25) is 0 Å².